The predicted octanol–water partition coefficient (Wildman–Crippen LogP) is 1.11. The van der Waals surface area contributed by atoms with Gasteiger partial charge in [-0.25, -0.2) is 22.6 Å². The molecule has 0 saturated carbocycles. The summed E-state index contributed by atoms with van der Waals surface area (Å²) in [6.45, 7) is 0. The molecule has 0 radical (unpaired) electrons. The third-order valence-electron chi connectivity index (χ3n) is 2.27. The fraction of sp³-hybridized carbons (Fsp3) is 0. The van der Waals surface area contributed by atoms with E-state index in [1.807, 2.05) is 4.72 Å². The van der Waals surface area contributed by atoms with Gasteiger partial charge in [-0.05, 0) is 18.2 Å². The van der Waals surface area contributed by atoms with Crippen LogP contribution in [0, 0.1) is 5.82 Å². The van der Waals surface area contributed by atoms with Crippen molar-refractivity contribution in [2.45, 2.75) is 4.90 Å². The number of aromatic nitrogens is 2. The van der Waals surface area contributed by atoms with Crippen LogP contribution in [0.25, 0.3) is 0 Å². The van der Waals surface area contributed by atoms with Gasteiger partial charge in [-0.1, -0.05) is 0 Å². The number of sulfonamides is 1. The first-order valence-corrected chi connectivity index (χ1v) is 6.70. The van der Waals surface area contributed by atoms with Gasteiger partial charge in [0, 0.05) is 12.4 Å². The van der Waals surface area contributed by atoms with Gasteiger partial charge in [0.1, 0.15) is 10.7 Å². The van der Waals surface area contributed by atoms with E-state index < -0.39 is 26.7 Å². The monoisotopic (exact) mass is 297 g/mol. The quantitative estimate of drug-likeness (QED) is 0.875. The van der Waals surface area contributed by atoms with Crippen molar-refractivity contribution in [1.29, 1.82) is 0 Å². The molecule has 20 heavy (non-hydrogen) atoms. The van der Waals surface area contributed by atoms with Gasteiger partial charge in [0.25, 0.3) is 10.0 Å². The highest BCUT2D eigenvalue weighted by atomic mass is 32.2. The number of anilines is 1. The molecule has 0 amide bonds. The van der Waals surface area contributed by atoms with Crippen LogP contribution >= 0.6 is 0 Å². The average molecular weight is 297 g/mol. The van der Waals surface area contributed by atoms with Gasteiger partial charge in [0.05, 0.1) is 11.8 Å². The van der Waals surface area contributed by atoms with Crippen LogP contribution in [-0.2, 0) is 10.0 Å². The summed E-state index contributed by atoms with van der Waals surface area (Å²) in [4.78, 5) is 17.4. The van der Waals surface area contributed by atoms with Crippen LogP contribution in [-0.4, -0.2) is 29.5 Å². The third-order valence-corrected chi connectivity index (χ3v) is 3.64. The lowest BCUT2D eigenvalue weighted by Gasteiger charge is -2.08. The molecule has 1 aromatic carbocycles. The molecule has 0 unspecified atom stereocenters. The number of carboxylic acids is 1. The minimum Gasteiger partial charge on any atom is -0.478 e. The second kappa shape index (κ2) is 5.21. The molecule has 0 spiro atoms. The summed E-state index contributed by atoms with van der Waals surface area (Å²) in [5.74, 6) is -2.53. The maximum atomic E-state index is 13.6. The summed E-state index contributed by atoms with van der Waals surface area (Å²) >= 11 is 0. The Labute approximate surface area is 113 Å². The fourth-order valence-electron chi connectivity index (χ4n) is 1.39. The van der Waals surface area contributed by atoms with Crippen molar-refractivity contribution in [3.8, 4) is 0 Å². The molecular weight excluding hydrogens is 289 g/mol. The molecule has 1 heterocycles. The molecule has 0 aliphatic carbocycles. The number of hydrogen-bond donors (Lipinski definition) is 2. The van der Waals surface area contributed by atoms with Gasteiger partial charge in [-0.15, -0.1) is 0 Å². The largest absolute Gasteiger partial charge is 0.478 e. The number of nitrogens with zero attached hydrogens (tertiary/aromatic N) is 2. The summed E-state index contributed by atoms with van der Waals surface area (Å²) in [5, 5.41) is 8.80. The first-order valence-electron chi connectivity index (χ1n) is 5.22. The first-order chi connectivity index (χ1) is 9.40. The number of nitrogens with one attached hydrogen (secondary N) is 1. The van der Waals surface area contributed by atoms with Crippen molar-refractivity contribution in [1.82, 2.24) is 9.97 Å². The van der Waals surface area contributed by atoms with E-state index >= 15 is 0 Å². The Bertz CT molecular complexity index is 750. The molecule has 2 rings (SSSR count). The van der Waals surface area contributed by atoms with E-state index in [9.17, 15) is 17.6 Å². The molecular formula is C11H8FN3O4S. The van der Waals surface area contributed by atoms with Crippen molar-refractivity contribution in [3.05, 3.63) is 48.2 Å². The summed E-state index contributed by atoms with van der Waals surface area (Å²) < 4.78 is 39.6. The second-order valence-electron chi connectivity index (χ2n) is 3.65. The Hall–Kier alpha value is -2.55. The third kappa shape index (κ3) is 2.88. The maximum Gasteiger partial charge on any atom is 0.335 e. The summed E-state index contributed by atoms with van der Waals surface area (Å²) in [6.07, 6.45) is 3.72. The number of benzene rings is 1. The molecule has 0 aliphatic heterocycles. The topological polar surface area (TPSA) is 109 Å². The van der Waals surface area contributed by atoms with E-state index in [1.54, 1.807) is 0 Å². The summed E-state index contributed by atoms with van der Waals surface area (Å²) in [6, 6.07) is 2.48. The Balaban J connectivity index is 2.44. The Morgan fingerprint density at radius 3 is 2.65 bits per heavy atom. The number of carbonyl (C=O) groups is 1. The van der Waals surface area contributed by atoms with E-state index in [0.717, 1.165) is 24.4 Å². The van der Waals surface area contributed by atoms with Crippen molar-refractivity contribution in [2.24, 2.45) is 0 Å². The molecule has 0 saturated heterocycles. The highest BCUT2D eigenvalue weighted by Crippen LogP contribution is 2.19. The van der Waals surface area contributed by atoms with Gasteiger partial charge in [-0.3, -0.25) is 9.71 Å². The zero-order valence-electron chi connectivity index (χ0n) is 9.82. The van der Waals surface area contributed by atoms with Gasteiger partial charge in [-0.2, -0.15) is 0 Å². The number of hydrogen-bond acceptors (Lipinski definition) is 5. The molecule has 1 aromatic heterocycles. The highest BCUT2D eigenvalue weighted by Gasteiger charge is 2.21. The van der Waals surface area contributed by atoms with Crippen LogP contribution < -0.4 is 4.72 Å². The van der Waals surface area contributed by atoms with Gasteiger partial charge >= 0.3 is 5.97 Å². The minimum absolute atomic E-state index is 0.104. The summed E-state index contributed by atoms with van der Waals surface area (Å²) in [7, 11) is -4.29. The lowest BCUT2D eigenvalue weighted by molar-refractivity contribution is 0.0696. The molecule has 2 N–H and O–H groups in total. The lowest BCUT2D eigenvalue weighted by Crippen LogP contribution is -2.16. The summed E-state index contributed by atoms with van der Waals surface area (Å²) in [5.41, 5.74) is -0.342. The van der Waals surface area contributed by atoms with Crippen molar-refractivity contribution < 1.29 is 22.7 Å². The highest BCUT2D eigenvalue weighted by molar-refractivity contribution is 7.92. The van der Waals surface area contributed by atoms with Crippen molar-refractivity contribution in [2.75, 3.05) is 4.72 Å². The van der Waals surface area contributed by atoms with Crippen LogP contribution in [0.15, 0.2) is 41.7 Å². The molecule has 0 bridgehead atoms. The maximum absolute atomic E-state index is 13.6. The van der Waals surface area contributed by atoms with Gasteiger partial charge < -0.3 is 5.11 Å². The minimum atomic E-state index is -4.29. The zero-order chi connectivity index (χ0) is 14.8. The van der Waals surface area contributed by atoms with Crippen molar-refractivity contribution in [3.63, 3.8) is 0 Å². The number of rotatable bonds is 4. The average Bonchev–Trinajstić information content (AvgIpc) is 2.39. The predicted molar refractivity (Wildman–Crippen MR) is 66.2 cm³/mol. The number of aromatic carboxylic acids is 1. The Kier molecular flexibility index (Phi) is 3.61. The van der Waals surface area contributed by atoms with E-state index in [2.05, 4.69) is 9.97 Å². The lowest BCUT2D eigenvalue weighted by atomic mass is 10.2. The van der Waals surface area contributed by atoms with E-state index in [-0.39, 0.29) is 11.4 Å². The smallest absolute Gasteiger partial charge is 0.335 e. The van der Waals surface area contributed by atoms with E-state index in [1.165, 1.54) is 12.4 Å². The molecule has 9 heteroatoms. The number of halogens is 1. The Morgan fingerprint density at radius 2 is 2.05 bits per heavy atom. The number of carboxylic acid groups (broad SMARTS) is 1. The molecule has 0 atom stereocenters. The van der Waals surface area contributed by atoms with Gasteiger partial charge in [0.15, 0.2) is 5.82 Å². The zero-order valence-corrected chi connectivity index (χ0v) is 10.6. The SMILES string of the molecule is O=C(O)c1ccc(F)c(S(=O)(=O)Nc2cnccn2)c1. The van der Waals surface area contributed by atoms with E-state index in [0.29, 0.717) is 0 Å². The van der Waals surface area contributed by atoms with Crippen LogP contribution in [0.4, 0.5) is 10.2 Å². The van der Waals surface area contributed by atoms with Crippen molar-refractivity contribution >= 4 is 21.8 Å². The molecule has 104 valence electrons. The molecule has 0 aliphatic rings. The van der Waals surface area contributed by atoms with Crippen LogP contribution in [0.2, 0.25) is 0 Å². The normalized spacial score (nSPS) is 11.1. The van der Waals surface area contributed by atoms with Gasteiger partial charge in [0.2, 0.25) is 0 Å². The van der Waals surface area contributed by atoms with E-state index in [4.69, 9.17) is 5.11 Å². The molecule has 0 fully saturated rings. The van der Waals surface area contributed by atoms with Crippen LogP contribution in [0.1, 0.15) is 10.4 Å². The molecule has 2 aromatic rings. The van der Waals surface area contributed by atoms with Crippen LogP contribution in [0.5, 0.6) is 0 Å². The second-order valence-corrected chi connectivity index (χ2v) is 5.30. The molecule has 7 nitrogen and oxygen atoms in total. The van der Waals surface area contributed by atoms with Crippen LogP contribution in [0.3, 0.4) is 0 Å². The first kappa shape index (κ1) is 13.9. The Morgan fingerprint density at radius 1 is 1.30 bits per heavy atom. The fourth-order valence-corrected chi connectivity index (χ4v) is 2.48. The standard InChI is InChI=1S/C11H8FN3O4S/c12-8-2-1-7(11(16)17)5-9(8)20(18,19)15-10-6-13-3-4-14-10/h1-6H,(H,14,15)(H,16,17).